The van der Waals surface area contributed by atoms with Crippen LogP contribution in [0.2, 0.25) is 0 Å². The lowest BCUT2D eigenvalue weighted by atomic mass is 10.2. The molecule has 19 heavy (non-hydrogen) atoms. The Bertz CT molecular complexity index is 549. The van der Waals surface area contributed by atoms with E-state index in [1.165, 1.54) is 18.2 Å². The first-order chi connectivity index (χ1) is 8.97. The lowest BCUT2D eigenvalue weighted by Gasteiger charge is -2.13. The fourth-order valence-corrected chi connectivity index (χ4v) is 1.93. The van der Waals surface area contributed by atoms with E-state index < -0.39 is 11.7 Å². The predicted octanol–water partition coefficient (Wildman–Crippen LogP) is 4.89. The maximum Gasteiger partial charge on any atom is 0.419 e. The average molecular weight is 378 g/mol. The van der Waals surface area contributed by atoms with E-state index in [-0.39, 0.29) is 12.4 Å². The topological polar surface area (TPSA) is 9.23 Å². The summed E-state index contributed by atoms with van der Waals surface area (Å²) in [5, 5.41) is 0. The minimum atomic E-state index is -4.40. The maximum absolute atomic E-state index is 12.7. The summed E-state index contributed by atoms with van der Waals surface area (Å²) in [7, 11) is 0. The molecule has 0 saturated heterocycles. The fraction of sp³-hybridized carbons (Fsp3) is 0.143. The second kappa shape index (κ2) is 5.81. The van der Waals surface area contributed by atoms with Gasteiger partial charge in [-0.2, -0.15) is 13.2 Å². The van der Waals surface area contributed by atoms with E-state index >= 15 is 0 Å². The number of alkyl halides is 3. The lowest BCUT2D eigenvalue weighted by Crippen LogP contribution is -2.08. The summed E-state index contributed by atoms with van der Waals surface area (Å²) in [5.74, 6) is -0.145. The van der Waals surface area contributed by atoms with E-state index in [1.54, 1.807) is 0 Å². The molecule has 1 nitrogen and oxygen atoms in total. The lowest BCUT2D eigenvalue weighted by molar-refractivity contribution is -0.139. The van der Waals surface area contributed by atoms with Crippen LogP contribution in [0.4, 0.5) is 13.2 Å². The van der Waals surface area contributed by atoms with Gasteiger partial charge in [-0.25, -0.2) is 0 Å². The molecule has 0 aliphatic carbocycles. The molecule has 0 aliphatic heterocycles. The van der Waals surface area contributed by atoms with Gasteiger partial charge in [0.1, 0.15) is 12.4 Å². The molecule has 0 amide bonds. The summed E-state index contributed by atoms with van der Waals surface area (Å²) in [6, 6.07) is 12.7. The molecule has 2 aromatic carbocycles. The van der Waals surface area contributed by atoms with E-state index in [0.29, 0.717) is 0 Å². The van der Waals surface area contributed by atoms with Gasteiger partial charge in [-0.3, -0.25) is 0 Å². The number of halogens is 4. The van der Waals surface area contributed by atoms with E-state index in [0.717, 1.165) is 15.2 Å². The number of para-hydroxylation sites is 1. The molecule has 0 fully saturated rings. The van der Waals surface area contributed by atoms with Crippen LogP contribution in [0.5, 0.6) is 5.75 Å². The summed E-state index contributed by atoms with van der Waals surface area (Å²) in [5.41, 5.74) is 0.0814. The number of ether oxygens (including phenoxy) is 1. The van der Waals surface area contributed by atoms with Crippen LogP contribution < -0.4 is 4.74 Å². The quantitative estimate of drug-likeness (QED) is 0.692. The van der Waals surface area contributed by atoms with Gasteiger partial charge in [-0.15, -0.1) is 0 Å². The van der Waals surface area contributed by atoms with Crippen molar-refractivity contribution in [3.63, 3.8) is 0 Å². The van der Waals surface area contributed by atoms with Gasteiger partial charge in [0.25, 0.3) is 0 Å². The van der Waals surface area contributed by atoms with Gasteiger partial charge in [0.2, 0.25) is 0 Å². The molecule has 0 radical (unpaired) electrons. The second-order valence-corrected chi connectivity index (χ2v) is 5.15. The van der Waals surface area contributed by atoms with Crippen molar-refractivity contribution in [2.75, 3.05) is 0 Å². The van der Waals surface area contributed by atoms with Crippen LogP contribution in [-0.2, 0) is 12.8 Å². The second-order valence-electron chi connectivity index (χ2n) is 3.91. The van der Waals surface area contributed by atoms with Gasteiger partial charge in [0, 0.05) is 3.57 Å². The molecule has 0 atom stereocenters. The molecule has 0 saturated carbocycles. The van der Waals surface area contributed by atoms with E-state index in [2.05, 4.69) is 22.6 Å². The first kappa shape index (κ1) is 14.2. The summed E-state index contributed by atoms with van der Waals surface area (Å²) < 4.78 is 44.6. The van der Waals surface area contributed by atoms with Gasteiger partial charge in [-0.1, -0.05) is 24.3 Å². The van der Waals surface area contributed by atoms with E-state index in [1.807, 2.05) is 24.3 Å². The number of rotatable bonds is 3. The highest BCUT2D eigenvalue weighted by molar-refractivity contribution is 14.1. The molecule has 0 heterocycles. The summed E-state index contributed by atoms with van der Waals surface area (Å²) >= 11 is 2.16. The summed E-state index contributed by atoms with van der Waals surface area (Å²) in [6.07, 6.45) is -4.40. The highest BCUT2D eigenvalue weighted by atomic mass is 127. The summed E-state index contributed by atoms with van der Waals surface area (Å²) in [4.78, 5) is 0. The molecule has 0 spiro atoms. The highest BCUT2D eigenvalue weighted by Crippen LogP contribution is 2.36. The largest absolute Gasteiger partial charge is 0.488 e. The average Bonchev–Trinajstić information content (AvgIpc) is 2.37. The van der Waals surface area contributed by atoms with Crippen LogP contribution in [0, 0.1) is 3.57 Å². The van der Waals surface area contributed by atoms with Gasteiger partial charge in [0.05, 0.1) is 5.56 Å². The van der Waals surface area contributed by atoms with Crippen molar-refractivity contribution < 1.29 is 17.9 Å². The standard InChI is InChI=1S/C14H10F3IO/c15-14(16,17)12-3-1-2-4-13(12)19-9-10-5-7-11(18)8-6-10/h1-8H,9H2. The van der Waals surface area contributed by atoms with Crippen molar-refractivity contribution in [3.05, 3.63) is 63.2 Å². The van der Waals surface area contributed by atoms with Crippen molar-refractivity contribution in [2.24, 2.45) is 0 Å². The molecule has 0 aliphatic rings. The van der Waals surface area contributed by atoms with Crippen LogP contribution in [0.15, 0.2) is 48.5 Å². The molecule has 2 rings (SSSR count). The van der Waals surface area contributed by atoms with Crippen LogP contribution in [0.3, 0.4) is 0 Å². The molecular weight excluding hydrogens is 368 g/mol. The van der Waals surface area contributed by atoms with Crippen molar-refractivity contribution >= 4 is 22.6 Å². The number of hydrogen-bond donors (Lipinski definition) is 0. The third-order valence-corrected chi connectivity index (χ3v) is 3.22. The summed E-state index contributed by atoms with van der Waals surface area (Å²) in [6.45, 7) is 0.115. The highest BCUT2D eigenvalue weighted by Gasteiger charge is 2.33. The third-order valence-electron chi connectivity index (χ3n) is 2.50. The van der Waals surface area contributed by atoms with Gasteiger partial charge < -0.3 is 4.74 Å². The number of hydrogen-bond acceptors (Lipinski definition) is 1. The Morgan fingerprint density at radius 3 is 2.21 bits per heavy atom. The Hall–Kier alpha value is -1.24. The van der Waals surface area contributed by atoms with E-state index in [9.17, 15) is 13.2 Å². The zero-order valence-electron chi connectivity index (χ0n) is 9.75. The van der Waals surface area contributed by atoms with Gasteiger partial charge in [0.15, 0.2) is 0 Å². The van der Waals surface area contributed by atoms with E-state index in [4.69, 9.17) is 4.74 Å². The van der Waals surface area contributed by atoms with Crippen molar-refractivity contribution in [3.8, 4) is 5.75 Å². The first-order valence-corrected chi connectivity index (χ1v) is 6.58. The SMILES string of the molecule is FC(F)(F)c1ccccc1OCc1ccc(I)cc1. The molecular formula is C14H10F3IO. The molecule has 100 valence electrons. The molecule has 0 aromatic heterocycles. The first-order valence-electron chi connectivity index (χ1n) is 5.50. The van der Waals surface area contributed by atoms with Crippen molar-refractivity contribution in [1.82, 2.24) is 0 Å². The maximum atomic E-state index is 12.7. The minimum Gasteiger partial charge on any atom is -0.488 e. The zero-order chi connectivity index (χ0) is 13.9. The molecule has 0 bridgehead atoms. The van der Waals surface area contributed by atoms with Crippen LogP contribution >= 0.6 is 22.6 Å². The van der Waals surface area contributed by atoms with Crippen molar-refractivity contribution in [2.45, 2.75) is 12.8 Å². The van der Waals surface area contributed by atoms with Crippen LogP contribution in [0.1, 0.15) is 11.1 Å². The third kappa shape index (κ3) is 3.86. The molecule has 2 aromatic rings. The smallest absolute Gasteiger partial charge is 0.419 e. The monoisotopic (exact) mass is 378 g/mol. The Balaban J connectivity index is 2.14. The Labute approximate surface area is 122 Å². The zero-order valence-corrected chi connectivity index (χ0v) is 11.9. The fourth-order valence-electron chi connectivity index (χ4n) is 1.57. The van der Waals surface area contributed by atoms with Crippen molar-refractivity contribution in [1.29, 1.82) is 0 Å². The Morgan fingerprint density at radius 1 is 0.947 bits per heavy atom. The van der Waals surface area contributed by atoms with Crippen LogP contribution in [0.25, 0.3) is 0 Å². The normalized spacial score (nSPS) is 11.4. The van der Waals surface area contributed by atoms with Crippen LogP contribution in [-0.4, -0.2) is 0 Å². The van der Waals surface area contributed by atoms with Gasteiger partial charge in [-0.05, 0) is 52.4 Å². The molecule has 0 unspecified atom stereocenters. The predicted molar refractivity (Wildman–Crippen MR) is 74.9 cm³/mol. The Morgan fingerprint density at radius 2 is 1.58 bits per heavy atom. The molecule has 5 heteroatoms. The molecule has 0 N–H and O–H groups in total. The number of benzene rings is 2. The Kier molecular flexibility index (Phi) is 4.34. The minimum absolute atomic E-state index is 0.115. The van der Waals surface area contributed by atoms with Gasteiger partial charge >= 0.3 is 6.18 Å².